The number of benzene rings is 3. The van der Waals surface area contributed by atoms with Crippen LogP contribution >= 0.6 is 0 Å². The van der Waals surface area contributed by atoms with E-state index in [1.807, 2.05) is 42.6 Å². The summed E-state index contributed by atoms with van der Waals surface area (Å²) in [6.45, 7) is 0.802. The van der Waals surface area contributed by atoms with Gasteiger partial charge in [-0.3, -0.25) is 0 Å². The lowest BCUT2D eigenvalue weighted by molar-refractivity contribution is 0.240. The molecule has 1 atom stereocenters. The average Bonchev–Trinajstić information content (AvgIpc) is 3.18. The lowest BCUT2D eigenvalue weighted by atomic mass is 9.91. The van der Waals surface area contributed by atoms with E-state index < -0.39 is 0 Å². The van der Waals surface area contributed by atoms with Gasteiger partial charge in [0.1, 0.15) is 5.82 Å². The van der Waals surface area contributed by atoms with Gasteiger partial charge in [0.15, 0.2) is 0 Å². The molecule has 0 radical (unpaired) electrons. The number of hydrogen-bond acceptors (Lipinski definition) is 1. The highest BCUT2D eigenvalue weighted by Crippen LogP contribution is 2.30. The van der Waals surface area contributed by atoms with Crippen LogP contribution in [0.4, 0.5) is 9.18 Å². The van der Waals surface area contributed by atoms with Crippen molar-refractivity contribution in [1.82, 2.24) is 15.6 Å². The Morgan fingerprint density at radius 1 is 0.897 bits per heavy atom. The van der Waals surface area contributed by atoms with E-state index in [1.165, 1.54) is 12.1 Å². The molecule has 0 aliphatic rings. The first-order valence-corrected chi connectivity index (χ1v) is 9.58. The maximum atomic E-state index is 13.0. The lowest BCUT2D eigenvalue weighted by Gasteiger charge is -2.18. The summed E-state index contributed by atoms with van der Waals surface area (Å²) in [6, 6.07) is 24.1. The Bertz CT molecular complexity index is 1090. The summed E-state index contributed by atoms with van der Waals surface area (Å²) in [6.07, 6.45) is 2.01. The molecule has 2 amide bonds. The number of carbonyl (C=O) groups excluding carboxylic acids is 1. The van der Waals surface area contributed by atoms with E-state index in [4.69, 9.17) is 0 Å². The standard InChI is InChI=1S/C24H22FN3O/c25-19-12-10-17(11-13-19)14-27-24(29)28-15-21(18-6-2-1-3-7-18)22-16-26-23-9-5-4-8-20(22)23/h1-13,16,21,26H,14-15H2,(H2,27,28,29)/t21-/m0/s1. The average molecular weight is 387 g/mol. The van der Waals surface area contributed by atoms with Crippen LogP contribution in [0.1, 0.15) is 22.6 Å². The second-order valence-corrected chi connectivity index (χ2v) is 6.94. The van der Waals surface area contributed by atoms with Gasteiger partial charge in [0.25, 0.3) is 0 Å². The summed E-state index contributed by atoms with van der Waals surface area (Å²) >= 11 is 0. The number of aromatic nitrogens is 1. The summed E-state index contributed by atoms with van der Waals surface area (Å²) < 4.78 is 13.0. The summed E-state index contributed by atoms with van der Waals surface area (Å²) in [5.41, 5.74) is 4.20. The van der Waals surface area contributed by atoms with E-state index in [-0.39, 0.29) is 17.8 Å². The largest absolute Gasteiger partial charge is 0.361 e. The number of amides is 2. The minimum absolute atomic E-state index is 0.0175. The fourth-order valence-corrected chi connectivity index (χ4v) is 3.52. The molecule has 1 heterocycles. The maximum Gasteiger partial charge on any atom is 0.315 e. The number of H-pyrrole nitrogens is 1. The smallest absolute Gasteiger partial charge is 0.315 e. The van der Waals surface area contributed by atoms with E-state index in [0.29, 0.717) is 13.1 Å². The quantitative estimate of drug-likeness (QED) is 0.431. The number of aromatic amines is 1. The van der Waals surface area contributed by atoms with Crippen molar-refractivity contribution in [3.05, 3.63) is 108 Å². The highest BCUT2D eigenvalue weighted by atomic mass is 19.1. The Kier molecular flexibility index (Phi) is 5.56. The summed E-state index contributed by atoms with van der Waals surface area (Å²) in [7, 11) is 0. The van der Waals surface area contributed by atoms with Crippen LogP contribution in [0.2, 0.25) is 0 Å². The van der Waals surface area contributed by atoms with E-state index in [1.54, 1.807) is 12.1 Å². The first-order valence-electron chi connectivity index (χ1n) is 9.58. The monoisotopic (exact) mass is 387 g/mol. The number of urea groups is 1. The molecular formula is C24H22FN3O. The minimum Gasteiger partial charge on any atom is -0.361 e. The third-order valence-corrected chi connectivity index (χ3v) is 5.03. The SMILES string of the molecule is O=C(NCc1ccc(F)cc1)NC[C@@H](c1ccccc1)c1c[nH]c2ccccc12. The molecule has 0 saturated heterocycles. The number of nitrogens with one attached hydrogen (secondary N) is 3. The zero-order chi connectivity index (χ0) is 20.1. The van der Waals surface area contributed by atoms with Crippen LogP contribution in [0.15, 0.2) is 85.1 Å². The molecule has 4 aromatic rings. The maximum absolute atomic E-state index is 13.0. The van der Waals surface area contributed by atoms with Crippen molar-refractivity contribution in [3.63, 3.8) is 0 Å². The van der Waals surface area contributed by atoms with Crippen LogP contribution in [-0.4, -0.2) is 17.6 Å². The zero-order valence-corrected chi connectivity index (χ0v) is 15.9. The highest BCUT2D eigenvalue weighted by molar-refractivity contribution is 5.84. The van der Waals surface area contributed by atoms with Crippen LogP contribution in [0.3, 0.4) is 0 Å². The van der Waals surface area contributed by atoms with Crippen molar-refractivity contribution in [2.75, 3.05) is 6.54 Å². The van der Waals surface area contributed by atoms with Gasteiger partial charge >= 0.3 is 6.03 Å². The summed E-state index contributed by atoms with van der Waals surface area (Å²) in [5.74, 6) is -0.272. The Hall–Kier alpha value is -3.60. The second kappa shape index (κ2) is 8.61. The number of fused-ring (bicyclic) bond motifs is 1. The van der Waals surface area contributed by atoms with Gasteiger partial charge in [-0.2, -0.15) is 0 Å². The molecule has 0 aliphatic heterocycles. The molecule has 3 N–H and O–H groups in total. The molecule has 0 unspecified atom stereocenters. The molecule has 5 heteroatoms. The molecule has 3 aromatic carbocycles. The van der Waals surface area contributed by atoms with Gasteiger partial charge in [-0.1, -0.05) is 60.7 Å². The van der Waals surface area contributed by atoms with E-state index >= 15 is 0 Å². The van der Waals surface area contributed by atoms with Crippen molar-refractivity contribution in [2.45, 2.75) is 12.5 Å². The Morgan fingerprint density at radius 3 is 2.41 bits per heavy atom. The molecule has 4 rings (SSSR count). The Balaban J connectivity index is 1.47. The second-order valence-electron chi connectivity index (χ2n) is 6.94. The number of hydrogen-bond donors (Lipinski definition) is 3. The van der Waals surface area contributed by atoms with Crippen LogP contribution in [0, 0.1) is 5.82 Å². The zero-order valence-electron chi connectivity index (χ0n) is 15.9. The molecular weight excluding hydrogens is 365 g/mol. The molecule has 146 valence electrons. The minimum atomic E-state index is -0.289. The Labute approximate surface area is 168 Å². The number of para-hydroxylation sites is 1. The molecule has 0 spiro atoms. The van der Waals surface area contributed by atoms with Crippen molar-refractivity contribution in [3.8, 4) is 0 Å². The Morgan fingerprint density at radius 2 is 1.62 bits per heavy atom. The van der Waals surface area contributed by atoms with Crippen molar-refractivity contribution >= 4 is 16.9 Å². The molecule has 0 fully saturated rings. The number of rotatable bonds is 6. The van der Waals surface area contributed by atoms with Gasteiger partial charge < -0.3 is 15.6 Å². The fraction of sp³-hybridized carbons (Fsp3) is 0.125. The van der Waals surface area contributed by atoms with Crippen molar-refractivity contribution < 1.29 is 9.18 Å². The van der Waals surface area contributed by atoms with Gasteiger partial charge in [0.2, 0.25) is 0 Å². The van der Waals surface area contributed by atoms with Gasteiger partial charge in [-0.25, -0.2) is 9.18 Å². The van der Waals surface area contributed by atoms with Gasteiger partial charge in [0, 0.05) is 36.1 Å². The van der Waals surface area contributed by atoms with Crippen LogP contribution in [-0.2, 0) is 6.54 Å². The van der Waals surface area contributed by atoms with Crippen LogP contribution in [0.5, 0.6) is 0 Å². The normalized spacial score (nSPS) is 11.9. The molecule has 29 heavy (non-hydrogen) atoms. The number of carbonyl (C=O) groups is 1. The molecule has 4 nitrogen and oxygen atoms in total. The number of halogens is 1. The van der Waals surface area contributed by atoms with Crippen molar-refractivity contribution in [2.24, 2.45) is 0 Å². The lowest BCUT2D eigenvalue weighted by Crippen LogP contribution is -2.37. The first-order chi connectivity index (χ1) is 14.2. The highest BCUT2D eigenvalue weighted by Gasteiger charge is 2.18. The topological polar surface area (TPSA) is 56.9 Å². The third-order valence-electron chi connectivity index (χ3n) is 5.03. The third kappa shape index (κ3) is 4.46. The van der Waals surface area contributed by atoms with E-state index in [0.717, 1.165) is 27.6 Å². The molecule has 0 bridgehead atoms. The predicted octanol–water partition coefficient (Wildman–Crippen LogP) is 4.94. The molecule has 0 saturated carbocycles. The van der Waals surface area contributed by atoms with E-state index in [9.17, 15) is 9.18 Å². The van der Waals surface area contributed by atoms with Gasteiger partial charge in [-0.15, -0.1) is 0 Å². The predicted molar refractivity (Wildman–Crippen MR) is 113 cm³/mol. The summed E-state index contributed by atoms with van der Waals surface area (Å²) in [4.78, 5) is 15.7. The van der Waals surface area contributed by atoms with Gasteiger partial charge in [-0.05, 0) is 34.9 Å². The van der Waals surface area contributed by atoms with E-state index in [2.05, 4.69) is 33.8 Å². The van der Waals surface area contributed by atoms with Crippen LogP contribution < -0.4 is 10.6 Å². The first kappa shape index (κ1) is 18.7. The van der Waals surface area contributed by atoms with Gasteiger partial charge in [0.05, 0.1) is 0 Å². The molecule has 1 aromatic heterocycles. The van der Waals surface area contributed by atoms with Crippen molar-refractivity contribution in [1.29, 1.82) is 0 Å². The fourth-order valence-electron chi connectivity index (χ4n) is 3.52. The molecule has 0 aliphatic carbocycles. The summed E-state index contributed by atoms with van der Waals surface area (Å²) in [5, 5.41) is 6.95. The van der Waals surface area contributed by atoms with Crippen LogP contribution in [0.25, 0.3) is 10.9 Å².